The van der Waals surface area contributed by atoms with Crippen LogP contribution in [-0.2, 0) is 20.9 Å². The van der Waals surface area contributed by atoms with Crippen LogP contribution in [0.15, 0.2) is 72.9 Å². The molecule has 2 aromatic carbocycles. The van der Waals surface area contributed by atoms with E-state index in [2.05, 4.69) is 17.4 Å². The molecule has 36 heavy (non-hydrogen) atoms. The van der Waals surface area contributed by atoms with Crippen LogP contribution in [0.1, 0.15) is 25.0 Å². The fourth-order valence-corrected chi connectivity index (χ4v) is 4.09. The van der Waals surface area contributed by atoms with Gasteiger partial charge in [0.1, 0.15) is 0 Å². The first kappa shape index (κ1) is 24.9. The topological polar surface area (TPSA) is 87.5 Å². The lowest BCUT2D eigenvalue weighted by Crippen LogP contribution is -2.54. The zero-order valence-electron chi connectivity index (χ0n) is 20.6. The van der Waals surface area contributed by atoms with E-state index < -0.39 is 11.8 Å². The Labute approximate surface area is 211 Å². The smallest absolute Gasteiger partial charge is 0.312 e. The highest BCUT2D eigenvalue weighted by atomic mass is 16.2. The van der Waals surface area contributed by atoms with Crippen molar-refractivity contribution in [2.75, 3.05) is 26.2 Å². The summed E-state index contributed by atoms with van der Waals surface area (Å²) in [5.41, 5.74) is 3.77. The summed E-state index contributed by atoms with van der Waals surface area (Å²) in [6.45, 7) is 5.65. The van der Waals surface area contributed by atoms with Gasteiger partial charge in [-0.25, -0.2) is 0 Å². The van der Waals surface area contributed by atoms with Crippen molar-refractivity contribution < 1.29 is 14.4 Å². The van der Waals surface area contributed by atoms with Gasteiger partial charge in [-0.05, 0) is 25.5 Å². The van der Waals surface area contributed by atoms with Gasteiger partial charge in [0.15, 0.2) is 0 Å². The van der Waals surface area contributed by atoms with E-state index in [1.807, 2.05) is 73.3 Å². The lowest BCUT2D eigenvalue weighted by atomic mass is 10.1. The number of amides is 3. The Morgan fingerprint density at radius 2 is 1.53 bits per heavy atom. The van der Waals surface area contributed by atoms with Gasteiger partial charge in [-0.2, -0.15) is 5.10 Å². The molecule has 1 aliphatic rings. The Hall–Kier alpha value is -4.20. The van der Waals surface area contributed by atoms with Crippen LogP contribution in [0.2, 0.25) is 0 Å². The third-order valence-corrected chi connectivity index (χ3v) is 5.92. The maximum Gasteiger partial charge on any atom is 0.312 e. The molecule has 0 atom stereocenters. The maximum atomic E-state index is 12.9. The van der Waals surface area contributed by atoms with Crippen molar-refractivity contribution in [3.05, 3.63) is 84.1 Å². The number of carbonyl (C=O) groups is 3. The van der Waals surface area contributed by atoms with Crippen molar-refractivity contribution in [1.29, 1.82) is 0 Å². The molecule has 8 nitrogen and oxygen atoms in total. The highest BCUT2D eigenvalue weighted by molar-refractivity contribution is 6.35. The van der Waals surface area contributed by atoms with Crippen LogP contribution < -0.4 is 5.32 Å². The Morgan fingerprint density at radius 3 is 2.17 bits per heavy atom. The van der Waals surface area contributed by atoms with E-state index in [-0.39, 0.29) is 11.9 Å². The Kier molecular flexibility index (Phi) is 7.95. The average molecular weight is 486 g/mol. The minimum atomic E-state index is -0.606. The second-order valence-electron chi connectivity index (χ2n) is 9.06. The zero-order chi connectivity index (χ0) is 25.5. The summed E-state index contributed by atoms with van der Waals surface area (Å²) in [5.74, 6) is -1.29. The number of rotatable bonds is 6. The molecule has 0 aliphatic carbocycles. The Morgan fingerprint density at radius 1 is 0.917 bits per heavy atom. The van der Waals surface area contributed by atoms with Gasteiger partial charge in [0.05, 0.1) is 12.2 Å². The van der Waals surface area contributed by atoms with Crippen molar-refractivity contribution >= 4 is 23.8 Å². The second kappa shape index (κ2) is 11.5. The standard InChI is InChI=1S/C28H31N5O3/c1-21(2)29-27(35)28(36)32-17-15-31(16-18-32)25(34)14-13-24-20-33(19-22-9-5-3-6-10-22)30-26(24)23-11-7-4-8-12-23/h3-14,20-21H,15-19H2,1-2H3,(H,29,35). The van der Waals surface area contributed by atoms with Crippen molar-refractivity contribution in [1.82, 2.24) is 24.9 Å². The molecule has 1 saturated heterocycles. The molecule has 0 unspecified atom stereocenters. The van der Waals surface area contributed by atoms with Gasteiger partial charge < -0.3 is 15.1 Å². The van der Waals surface area contributed by atoms with Gasteiger partial charge in [0.25, 0.3) is 0 Å². The van der Waals surface area contributed by atoms with E-state index in [9.17, 15) is 14.4 Å². The molecule has 2 heterocycles. The predicted molar refractivity (Wildman–Crippen MR) is 139 cm³/mol. The molecule has 1 N–H and O–H groups in total. The normalized spacial score (nSPS) is 13.9. The molecule has 0 spiro atoms. The minimum Gasteiger partial charge on any atom is -0.346 e. The van der Waals surface area contributed by atoms with Gasteiger partial charge in [-0.1, -0.05) is 60.7 Å². The van der Waals surface area contributed by atoms with Gasteiger partial charge in [-0.15, -0.1) is 0 Å². The summed E-state index contributed by atoms with van der Waals surface area (Å²) in [5, 5.41) is 7.41. The second-order valence-corrected chi connectivity index (χ2v) is 9.06. The number of hydrogen-bond acceptors (Lipinski definition) is 4. The number of carbonyl (C=O) groups excluding carboxylic acids is 3. The minimum absolute atomic E-state index is 0.104. The first-order chi connectivity index (χ1) is 17.4. The van der Waals surface area contributed by atoms with Crippen molar-refractivity contribution in [3.63, 3.8) is 0 Å². The zero-order valence-corrected chi connectivity index (χ0v) is 20.6. The lowest BCUT2D eigenvalue weighted by Gasteiger charge is -2.33. The van der Waals surface area contributed by atoms with E-state index in [4.69, 9.17) is 5.10 Å². The van der Waals surface area contributed by atoms with Gasteiger partial charge in [0.2, 0.25) is 5.91 Å². The highest BCUT2D eigenvalue weighted by Gasteiger charge is 2.27. The molecule has 0 saturated carbocycles. The molecular formula is C28H31N5O3. The largest absolute Gasteiger partial charge is 0.346 e. The molecule has 1 aromatic heterocycles. The molecular weight excluding hydrogens is 454 g/mol. The highest BCUT2D eigenvalue weighted by Crippen LogP contribution is 2.23. The van der Waals surface area contributed by atoms with E-state index in [1.165, 1.54) is 4.90 Å². The van der Waals surface area contributed by atoms with Crippen molar-refractivity contribution in [2.24, 2.45) is 0 Å². The quantitative estimate of drug-likeness (QED) is 0.430. The van der Waals surface area contributed by atoms with Gasteiger partial charge in [-0.3, -0.25) is 19.1 Å². The van der Waals surface area contributed by atoms with Crippen LogP contribution in [0.4, 0.5) is 0 Å². The van der Waals surface area contributed by atoms with E-state index in [1.54, 1.807) is 17.1 Å². The van der Waals surface area contributed by atoms with E-state index in [0.29, 0.717) is 32.7 Å². The van der Waals surface area contributed by atoms with Crippen LogP contribution in [0.25, 0.3) is 17.3 Å². The number of piperazine rings is 1. The fourth-order valence-electron chi connectivity index (χ4n) is 4.09. The molecule has 186 valence electrons. The van der Waals surface area contributed by atoms with Crippen LogP contribution in [0.5, 0.6) is 0 Å². The fraction of sp³-hybridized carbons (Fsp3) is 0.286. The average Bonchev–Trinajstić information content (AvgIpc) is 3.30. The number of hydrogen-bond donors (Lipinski definition) is 1. The third-order valence-electron chi connectivity index (χ3n) is 5.92. The van der Waals surface area contributed by atoms with E-state index >= 15 is 0 Å². The number of nitrogens with zero attached hydrogens (tertiary/aromatic N) is 4. The maximum absolute atomic E-state index is 12.9. The summed E-state index contributed by atoms with van der Waals surface area (Å²) in [4.78, 5) is 40.4. The summed E-state index contributed by atoms with van der Waals surface area (Å²) in [6, 6.07) is 19.9. The van der Waals surface area contributed by atoms with Gasteiger partial charge >= 0.3 is 11.8 Å². The Balaban J connectivity index is 1.44. The molecule has 0 bridgehead atoms. The third kappa shape index (κ3) is 6.27. The van der Waals surface area contributed by atoms with Crippen molar-refractivity contribution in [3.8, 4) is 11.3 Å². The van der Waals surface area contributed by atoms with Crippen LogP contribution in [0, 0.1) is 0 Å². The van der Waals surface area contributed by atoms with Crippen LogP contribution in [0.3, 0.4) is 0 Å². The van der Waals surface area contributed by atoms with Crippen LogP contribution >= 0.6 is 0 Å². The molecule has 4 rings (SSSR count). The summed E-state index contributed by atoms with van der Waals surface area (Å²) < 4.78 is 1.88. The lowest BCUT2D eigenvalue weighted by molar-refractivity contribution is -0.148. The first-order valence-corrected chi connectivity index (χ1v) is 12.1. The molecule has 8 heteroatoms. The number of benzene rings is 2. The predicted octanol–water partition coefficient (Wildman–Crippen LogP) is 2.81. The molecule has 1 aliphatic heterocycles. The first-order valence-electron chi connectivity index (χ1n) is 12.1. The number of aromatic nitrogens is 2. The Bertz CT molecular complexity index is 1230. The molecule has 1 fully saturated rings. The molecule has 3 aromatic rings. The SMILES string of the molecule is CC(C)NC(=O)C(=O)N1CCN(C(=O)C=Cc2cn(Cc3ccccc3)nc2-c2ccccc2)CC1. The van der Waals surface area contributed by atoms with E-state index in [0.717, 1.165) is 22.4 Å². The monoisotopic (exact) mass is 485 g/mol. The summed E-state index contributed by atoms with van der Waals surface area (Å²) in [7, 11) is 0. The summed E-state index contributed by atoms with van der Waals surface area (Å²) >= 11 is 0. The molecule has 0 radical (unpaired) electrons. The van der Waals surface area contributed by atoms with Crippen LogP contribution in [-0.4, -0.2) is 69.5 Å². The molecule has 3 amide bonds. The van der Waals surface area contributed by atoms with Gasteiger partial charge in [0, 0.05) is 55.6 Å². The number of nitrogens with one attached hydrogen (secondary N) is 1. The van der Waals surface area contributed by atoms with Crippen molar-refractivity contribution in [2.45, 2.75) is 26.4 Å². The summed E-state index contributed by atoms with van der Waals surface area (Å²) in [6.07, 6.45) is 5.30.